The van der Waals surface area contributed by atoms with E-state index in [1.165, 1.54) is 18.4 Å². The average molecular weight is 262 g/mol. The Kier molecular flexibility index (Phi) is 4.61. The van der Waals surface area contributed by atoms with E-state index in [2.05, 4.69) is 47.9 Å². The molecule has 0 saturated heterocycles. The van der Waals surface area contributed by atoms with E-state index >= 15 is 0 Å². The number of nitrogens with zero attached hydrogens (tertiary/aromatic N) is 3. The number of nitrogens with one attached hydrogen (secondary N) is 1. The van der Waals surface area contributed by atoms with Gasteiger partial charge < -0.3 is 10.2 Å². The zero-order valence-corrected chi connectivity index (χ0v) is 12.6. The molecule has 2 rings (SSSR count). The van der Waals surface area contributed by atoms with Gasteiger partial charge in [0.15, 0.2) is 0 Å². The van der Waals surface area contributed by atoms with E-state index in [9.17, 15) is 0 Å². The topological polar surface area (TPSA) is 41.1 Å². The van der Waals surface area contributed by atoms with Crippen molar-refractivity contribution in [1.29, 1.82) is 0 Å². The number of hydrogen-bond acceptors (Lipinski definition) is 4. The van der Waals surface area contributed by atoms with Crippen molar-refractivity contribution in [1.82, 2.24) is 9.97 Å². The second-order valence-electron chi connectivity index (χ2n) is 5.57. The molecular weight excluding hydrogens is 236 g/mol. The molecule has 1 saturated carbocycles. The highest BCUT2D eigenvalue weighted by molar-refractivity contribution is 5.61. The van der Waals surface area contributed by atoms with Gasteiger partial charge in [-0.1, -0.05) is 20.8 Å². The largest absolute Gasteiger partial charge is 0.370 e. The molecule has 0 unspecified atom stereocenters. The molecule has 1 fully saturated rings. The van der Waals surface area contributed by atoms with Crippen molar-refractivity contribution in [2.75, 3.05) is 23.3 Å². The van der Waals surface area contributed by atoms with E-state index in [1.54, 1.807) is 6.33 Å². The number of rotatable bonds is 7. The first-order chi connectivity index (χ1) is 9.19. The molecule has 4 heteroatoms. The molecule has 0 aromatic carbocycles. The molecule has 4 nitrogen and oxygen atoms in total. The lowest BCUT2D eigenvalue weighted by Gasteiger charge is -2.27. The Hall–Kier alpha value is -1.32. The van der Waals surface area contributed by atoms with Gasteiger partial charge in [0.1, 0.15) is 18.0 Å². The monoisotopic (exact) mass is 262 g/mol. The van der Waals surface area contributed by atoms with Gasteiger partial charge in [0.05, 0.1) is 0 Å². The van der Waals surface area contributed by atoms with Gasteiger partial charge in [-0.15, -0.1) is 0 Å². The molecule has 1 heterocycles. The maximum Gasteiger partial charge on any atom is 0.137 e. The van der Waals surface area contributed by atoms with Crippen LogP contribution in [0.1, 0.15) is 58.4 Å². The Balaban J connectivity index is 2.39. The molecule has 1 N–H and O–H groups in total. The molecule has 1 aliphatic rings. The van der Waals surface area contributed by atoms with E-state index in [0.717, 1.165) is 31.1 Å². The molecule has 0 aliphatic heterocycles. The minimum atomic E-state index is 0.434. The molecule has 1 aliphatic carbocycles. The van der Waals surface area contributed by atoms with Crippen LogP contribution >= 0.6 is 0 Å². The fraction of sp³-hybridized carbons (Fsp3) is 0.733. The summed E-state index contributed by atoms with van der Waals surface area (Å²) in [6, 6.07) is 0.696. The minimum absolute atomic E-state index is 0.434. The highest BCUT2D eigenvalue weighted by Crippen LogP contribution is 2.37. The van der Waals surface area contributed by atoms with Crippen LogP contribution in [0.25, 0.3) is 0 Å². The molecule has 1 aromatic heterocycles. The van der Waals surface area contributed by atoms with Crippen LogP contribution < -0.4 is 10.2 Å². The lowest BCUT2D eigenvalue weighted by molar-refractivity contribution is 0.728. The molecule has 0 radical (unpaired) electrons. The van der Waals surface area contributed by atoms with Crippen LogP contribution in [0, 0.1) is 0 Å². The van der Waals surface area contributed by atoms with Crippen LogP contribution in [0.4, 0.5) is 11.6 Å². The smallest absolute Gasteiger partial charge is 0.137 e. The lowest BCUT2D eigenvalue weighted by atomic mass is 10.0. The standard InChI is InChI=1S/C15H26N4/c1-5-9-19(12-7-8-12)15-13(11(3)4)14(16-6-2)17-10-18-15/h10-12H,5-9H2,1-4H3,(H,16,17,18). The molecule has 1 aromatic rings. The van der Waals surface area contributed by atoms with Gasteiger partial charge in [0.25, 0.3) is 0 Å². The molecule has 0 atom stereocenters. The van der Waals surface area contributed by atoms with Crippen molar-refractivity contribution in [3.63, 3.8) is 0 Å². The Bertz CT molecular complexity index is 413. The lowest BCUT2D eigenvalue weighted by Crippen LogP contribution is -2.29. The highest BCUT2D eigenvalue weighted by atomic mass is 15.2. The Morgan fingerprint density at radius 2 is 2.05 bits per heavy atom. The molecule has 0 bridgehead atoms. The summed E-state index contributed by atoms with van der Waals surface area (Å²) in [6.45, 7) is 10.8. The average Bonchev–Trinajstić information content (AvgIpc) is 3.20. The second-order valence-corrected chi connectivity index (χ2v) is 5.57. The van der Waals surface area contributed by atoms with Crippen molar-refractivity contribution in [2.24, 2.45) is 0 Å². The third kappa shape index (κ3) is 3.17. The van der Waals surface area contributed by atoms with E-state index in [4.69, 9.17) is 0 Å². The molecule has 106 valence electrons. The van der Waals surface area contributed by atoms with Crippen LogP contribution in [-0.4, -0.2) is 29.1 Å². The predicted molar refractivity (Wildman–Crippen MR) is 80.9 cm³/mol. The van der Waals surface area contributed by atoms with Gasteiger partial charge in [0, 0.05) is 24.7 Å². The molecular formula is C15H26N4. The van der Waals surface area contributed by atoms with Crippen LogP contribution in [0.5, 0.6) is 0 Å². The Labute approximate surface area is 116 Å². The molecule has 19 heavy (non-hydrogen) atoms. The zero-order valence-electron chi connectivity index (χ0n) is 12.6. The fourth-order valence-electron chi connectivity index (χ4n) is 2.54. The Morgan fingerprint density at radius 3 is 2.58 bits per heavy atom. The summed E-state index contributed by atoms with van der Waals surface area (Å²) in [7, 11) is 0. The third-order valence-corrected chi connectivity index (χ3v) is 3.51. The molecule has 0 amide bonds. The summed E-state index contributed by atoms with van der Waals surface area (Å²) in [4.78, 5) is 11.5. The van der Waals surface area contributed by atoms with Gasteiger partial charge in [-0.05, 0) is 32.1 Å². The first-order valence-corrected chi connectivity index (χ1v) is 7.54. The van der Waals surface area contributed by atoms with Gasteiger partial charge in [-0.25, -0.2) is 9.97 Å². The predicted octanol–water partition coefficient (Wildman–Crippen LogP) is 3.41. The van der Waals surface area contributed by atoms with Crippen LogP contribution in [0.2, 0.25) is 0 Å². The van der Waals surface area contributed by atoms with E-state index < -0.39 is 0 Å². The van der Waals surface area contributed by atoms with Crippen LogP contribution in [0.15, 0.2) is 6.33 Å². The van der Waals surface area contributed by atoms with Crippen molar-refractivity contribution in [2.45, 2.75) is 58.9 Å². The Morgan fingerprint density at radius 1 is 1.32 bits per heavy atom. The summed E-state index contributed by atoms with van der Waals surface area (Å²) >= 11 is 0. The summed E-state index contributed by atoms with van der Waals surface area (Å²) in [5.41, 5.74) is 1.27. The number of aromatic nitrogens is 2. The third-order valence-electron chi connectivity index (χ3n) is 3.51. The van der Waals surface area contributed by atoms with Crippen LogP contribution in [-0.2, 0) is 0 Å². The van der Waals surface area contributed by atoms with Gasteiger partial charge in [0.2, 0.25) is 0 Å². The van der Waals surface area contributed by atoms with Gasteiger partial charge in [-0.3, -0.25) is 0 Å². The van der Waals surface area contributed by atoms with Crippen LogP contribution in [0.3, 0.4) is 0 Å². The zero-order chi connectivity index (χ0) is 13.8. The first kappa shape index (κ1) is 14.1. The quantitative estimate of drug-likeness (QED) is 0.817. The van der Waals surface area contributed by atoms with Crippen molar-refractivity contribution in [3.8, 4) is 0 Å². The van der Waals surface area contributed by atoms with E-state index in [-0.39, 0.29) is 0 Å². The minimum Gasteiger partial charge on any atom is -0.370 e. The molecule has 0 spiro atoms. The van der Waals surface area contributed by atoms with Crippen molar-refractivity contribution < 1.29 is 0 Å². The summed E-state index contributed by atoms with van der Waals surface area (Å²) in [5, 5.41) is 3.38. The summed E-state index contributed by atoms with van der Waals surface area (Å²) in [6.07, 6.45) is 5.47. The van der Waals surface area contributed by atoms with E-state index in [1.807, 2.05) is 0 Å². The fourth-order valence-corrected chi connectivity index (χ4v) is 2.54. The van der Waals surface area contributed by atoms with E-state index in [0.29, 0.717) is 12.0 Å². The first-order valence-electron chi connectivity index (χ1n) is 7.54. The van der Waals surface area contributed by atoms with Crippen molar-refractivity contribution >= 4 is 11.6 Å². The van der Waals surface area contributed by atoms with Gasteiger partial charge in [-0.2, -0.15) is 0 Å². The summed E-state index contributed by atoms with van der Waals surface area (Å²) in [5.74, 6) is 2.58. The normalized spacial score (nSPS) is 14.8. The maximum atomic E-state index is 4.60. The second kappa shape index (κ2) is 6.22. The SMILES string of the molecule is CCCN(c1ncnc(NCC)c1C(C)C)C1CC1. The highest BCUT2D eigenvalue weighted by Gasteiger charge is 2.32. The summed E-state index contributed by atoms with van der Waals surface area (Å²) < 4.78 is 0. The number of anilines is 2. The number of hydrogen-bond donors (Lipinski definition) is 1. The van der Waals surface area contributed by atoms with Crippen molar-refractivity contribution in [3.05, 3.63) is 11.9 Å². The van der Waals surface area contributed by atoms with Gasteiger partial charge >= 0.3 is 0 Å². The maximum absolute atomic E-state index is 4.60.